The molecule has 11 heteroatoms. The Morgan fingerprint density at radius 3 is 2.72 bits per heavy atom. The van der Waals surface area contributed by atoms with E-state index in [1.54, 1.807) is 7.05 Å². The number of hydrogen-bond donors (Lipinski definition) is 3. The number of nitrogens with one attached hydrogen (secondary N) is 2. The smallest absolute Gasteiger partial charge is 0.398 e. The number of carbonyl (C=O) groups excluding carboxylic acids is 1. The van der Waals surface area contributed by atoms with Crippen molar-refractivity contribution >= 4 is 41.5 Å². The maximum Gasteiger partial charge on any atom is 0.418 e. The monoisotopic (exact) mass is 470 g/mol. The van der Waals surface area contributed by atoms with Crippen LogP contribution in [-0.2, 0) is 23.8 Å². The summed E-state index contributed by atoms with van der Waals surface area (Å²) in [6, 6.07) is 3.66. The Hall–Kier alpha value is -2.75. The summed E-state index contributed by atoms with van der Waals surface area (Å²) in [5.74, 6) is 0.907. The number of carbonyl (C=O) groups is 1. The van der Waals surface area contributed by atoms with Gasteiger partial charge >= 0.3 is 6.18 Å². The molecular weight excluding hydrogens is 445 g/mol. The molecule has 0 spiro atoms. The highest BCUT2D eigenvalue weighted by atomic mass is 35.5. The third kappa shape index (κ3) is 4.85. The lowest BCUT2D eigenvalue weighted by molar-refractivity contribution is -0.136. The predicted octanol–water partition coefficient (Wildman–Crippen LogP) is 3.69. The molecule has 0 radical (unpaired) electrons. The van der Waals surface area contributed by atoms with Gasteiger partial charge in [-0.3, -0.25) is 4.79 Å². The van der Waals surface area contributed by atoms with Crippen LogP contribution in [0.5, 0.6) is 0 Å². The molecule has 32 heavy (non-hydrogen) atoms. The number of nitrogens with two attached hydrogens (primary N) is 1. The van der Waals surface area contributed by atoms with Crippen LogP contribution in [0.25, 0.3) is 0 Å². The molecule has 1 unspecified atom stereocenters. The molecule has 1 aliphatic heterocycles. The standard InChI is InChI=1S/C21H25F3N6O.ClH/c1-26-19(31)12-4-3-9-30(11-12)18-14-5-2-6-17(14)28-20(29-18)27-13-7-8-16(25)15(10-13)21(22,23)24;/h7-8,10,12H,2-6,9,11,25H2,1H3,(H,26,31)(H,27,28,29);1H. The molecule has 2 aromatic rings. The normalized spacial score (nSPS) is 18.0. The van der Waals surface area contributed by atoms with Gasteiger partial charge in [0, 0.05) is 37.1 Å². The van der Waals surface area contributed by atoms with Crippen molar-refractivity contribution in [2.24, 2.45) is 5.92 Å². The van der Waals surface area contributed by atoms with Crippen LogP contribution < -0.4 is 21.3 Å². The minimum absolute atomic E-state index is 0. The van der Waals surface area contributed by atoms with E-state index < -0.39 is 11.7 Å². The first kappa shape index (κ1) is 23.9. The number of nitrogen functional groups attached to an aromatic ring is 1. The highest BCUT2D eigenvalue weighted by Gasteiger charge is 2.33. The lowest BCUT2D eigenvalue weighted by Gasteiger charge is -2.34. The molecule has 0 saturated carbocycles. The van der Waals surface area contributed by atoms with Gasteiger partial charge < -0.3 is 21.3 Å². The minimum atomic E-state index is -4.55. The zero-order valence-electron chi connectivity index (χ0n) is 17.6. The number of halogens is 4. The number of alkyl halides is 3. The number of aromatic nitrogens is 2. The zero-order chi connectivity index (χ0) is 22.2. The lowest BCUT2D eigenvalue weighted by atomic mass is 9.97. The summed E-state index contributed by atoms with van der Waals surface area (Å²) < 4.78 is 39.6. The average molecular weight is 471 g/mol. The molecule has 1 fully saturated rings. The number of nitrogens with zero attached hydrogens (tertiary/aromatic N) is 3. The van der Waals surface area contributed by atoms with Crippen molar-refractivity contribution in [3.63, 3.8) is 0 Å². The molecule has 174 valence electrons. The van der Waals surface area contributed by atoms with E-state index in [2.05, 4.69) is 25.5 Å². The van der Waals surface area contributed by atoms with Crippen LogP contribution in [0.1, 0.15) is 36.1 Å². The van der Waals surface area contributed by atoms with Crippen LogP contribution in [0.15, 0.2) is 18.2 Å². The fourth-order valence-electron chi connectivity index (χ4n) is 4.33. The summed E-state index contributed by atoms with van der Waals surface area (Å²) in [5, 5.41) is 5.63. The summed E-state index contributed by atoms with van der Waals surface area (Å²) in [6.07, 6.45) is -0.262. The lowest BCUT2D eigenvalue weighted by Crippen LogP contribution is -2.43. The Labute approximate surface area is 190 Å². The van der Waals surface area contributed by atoms with Gasteiger partial charge in [-0.2, -0.15) is 18.2 Å². The largest absolute Gasteiger partial charge is 0.418 e. The summed E-state index contributed by atoms with van der Waals surface area (Å²) in [6.45, 7) is 1.33. The highest BCUT2D eigenvalue weighted by molar-refractivity contribution is 5.85. The number of rotatable bonds is 4. The van der Waals surface area contributed by atoms with E-state index in [0.717, 1.165) is 61.8 Å². The van der Waals surface area contributed by atoms with E-state index in [0.29, 0.717) is 6.54 Å². The van der Waals surface area contributed by atoms with E-state index in [1.807, 2.05) is 0 Å². The van der Waals surface area contributed by atoms with Crippen molar-refractivity contribution in [3.8, 4) is 0 Å². The summed E-state index contributed by atoms with van der Waals surface area (Å²) in [7, 11) is 1.63. The first-order valence-electron chi connectivity index (χ1n) is 10.4. The quantitative estimate of drug-likeness (QED) is 0.590. The van der Waals surface area contributed by atoms with Gasteiger partial charge in [-0.1, -0.05) is 0 Å². The van der Waals surface area contributed by atoms with Gasteiger partial charge in [0.15, 0.2) is 0 Å². The van der Waals surface area contributed by atoms with Gasteiger partial charge in [-0.25, -0.2) is 4.98 Å². The molecule has 1 aromatic carbocycles. The van der Waals surface area contributed by atoms with E-state index in [4.69, 9.17) is 5.73 Å². The highest BCUT2D eigenvalue weighted by Crippen LogP contribution is 2.36. The van der Waals surface area contributed by atoms with E-state index in [-0.39, 0.29) is 41.6 Å². The van der Waals surface area contributed by atoms with E-state index in [1.165, 1.54) is 12.1 Å². The van der Waals surface area contributed by atoms with Gasteiger partial charge in [0.1, 0.15) is 5.82 Å². The van der Waals surface area contributed by atoms with Gasteiger partial charge in [0.05, 0.1) is 17.2 Å². The SMILES string of the molecule is CNC(=O)C1CCCN(c2nc(Nc3ccc(N)c(C(F)(F)F)c3)nc3c2CCC3)C1.Cl. The molecule has 0 bridgehead atoms. The molecule has 1 atom stereocenters. The Kier molecular flexibility index (Phi) is 7.02. The number of anilines is 4. The number of fused-ring (bicyclic) bond motifs is 1. The van der Waals surface area contributed by atoms with Crippen molar-refractivity contribution in [1.29, 1.82) is 0 Å². The maximum absolute atomic E-state index is 13.2. The Balaban J connectivity index is 0.00000289. The second-order valence-corrected chi connectivity index (χ2v) is 7.97. The van der Waals surface area contributed by atoms with Crippen molar-refractivity contribution in [2.45, 2.75) is 38.3 Å². The van der Waals surface area contributed by atoms with Gasteiger partial charge in [0.2, 0.25) is 11.9 Å². The second-order valence-electron chi connectivity index (χ2n) is 7.97. The number of hydrogen-bond acceptors (Lipinski definition) is 6. The van der Waals surface area contributed by atoms with Crippen LogP contribution in [0, 0.1) is 5.92 Å². The summed E-state index contributed by atoms with van der Waals surface area (Å²) in [4.78, 5) is 23.4. The predicted molar refractivity (Wildman–Crippen MR) is 119 cm³/mol. The molecule has 4 N–H and O–H groups in total. The fraction of sp³-hybridized carbons (Fsp3) is 0.476. The van der Waals surface area contributed by atoms with Gasteiger partial charge in [-0.15, -0.1) is 12.4 Å². The number of aryl methyl sites for hydroxylation is 1. The average Bonchev–Trinajstić information content (AvgIpc) is 3.22. The van der Waals surface area contributed by atoms with Crippen molar-refractivity contribution in [2.75, 3.05) is 36.1 Å². The Morgan fingerprint density at radius 2 is 2.00 bits per heavy atom. The molecule has 2 heterocycles. The van der Waals surface area contributed by atoms with Crippen LogP contribution in [-0.4, -0.2) is 36.0 Å². The van der Waals surface area contributed by atoms with Crippen LogP contribution >= 0.6 is 12.4 Å². The van der Waals surface area contributed by atoms with Gasteiger partial charge in [-0.05, 0) is 50.3 Å². The summed E-state index contributed by atoms with van der Waals surface area (Å²) in [5.41, 5.74) is 6.45. The molecular formula is C21H26ClF3N6O. The number of amides is 1. The molecule has 1 saturated heterocycles. The Morgan fingerprint density at radius 1 is 1.22 bits per heavy atom. The van der Waals surface area contributed by atoms with Crippen LogP contribution in [0.3, 0.4) is 0 Å². The molecule has 1 amide bonds. The van der Waals surface area contributed by atoms with E-state index in [9.17, 15) is 18.0 Å². The molecule has 1 aliphatic carbocycles. The topological polar surface area (TPSA) is 96.2 Å². The first-order chi connectivity index (χ1) is 14.8. The van der Waals surface area contributed by atoms with Crippen molar-refractivity contribution in [3.05, 3.63) is 35.0 Å². The fourth-order valence-corrected chi connectivity index (χ4v) is 4.33. The van der Waals surface area contributed by atoms with Crippen LogP contribution in [0.2, 0.25) is 0 Å². The summed E-state index contributed by atoms with van der Waals surface area (Å²) >= 11 is 0. The number of benzene rings is 1. The van der Waals surface area contributed by atoms with E-state index >= 15 is 0 Å². The van der Waals surface area contributed by atoms with Gasteiger partial charge in [0.25, 0.3) is 0 Å². The third-order valence-electron chi connectivity index (χ3n) is 5.86. The second kappa shape index (κ2) is 9.40. The maximum atomic E-state index is 13.2. The molecule has 1 aromatic heterocycles. The Bertz CT molecular complexity index is 1000. The third-order valence-corrected chi connectivity index (χ3v) is 5.86. The van der Waals surface area contributed by atoms with Crippen molar-refractivity contribution in [1.82, 2.24) is 15.3 Å². The molecule has 7 nitrogen and oxygen atoms in total. The molecule has 2 aliphatic rings. The van der Waals surface area contributed by atoms with Crippen LogP contribution in [0.4, 0.5) is 36.3 Å². The minimum Gasteiger partial charge on any atom is -0.398 e. The zero-order valence-corrected chi connectivity index (χ0v) is 18.4. The number of piperidine rings is 1. The molecule has 4 rings (SSSR count). The van der Waals surface area contributed by atoms with Crippen molar-refractivity contribution < 1.29 is 18.0 Å². The first-order valence-corrected chi connectivity index (χ1v) is 10.4.